The second-order valence-corrected chi connectivity index (χ2v) is 7.34. The molecule has 0 radical (unpaired) electrons. The third kappa shape index (κ3) is 3.88. The van der Waals surface area contributed by atoms with Crippen LogP contribution in [0.5, 0.6) is 0 Å². The first-order chi connectivity index (χ1) is 11.8. The molecule has 0 aliphatic heterocycles. The number of carbonyl (C=O) groups excluding carboxylic acids is 1. The van der Waals surface area contributed by atoms with Crippen LogP contribution in [0, 0.1) is 5.82 Å². The normalized spacial score (nSPS) is 11.6. The number of benzene rings is 2. The molecule has 0 fully saturated rings. The molecule has 0 aliphatic rings. The molecule has 25 heavy (non-hydrogen) atoms. The van der Waals surface area contributed by atoms with E-state index in [4.69, 9.17) is 0 Å². The fourth-order valence-corrected chi connectivity index (χ4v) is 4.05. The lowest BCUT2D eigenvalue weighted by Crippen LogP contribution is -2.32. The van der Waals surface area contributed by atoms with E-state index in [0.29, 0.717) is 5.69 Å². The minimum absolute atomic E-state index is 0.110. The van der Waals surface area contributed by atoms with Crippen molar-refractivity contribution in [3.05, 3.63) is 59.9 Å². The fraction of sp³-hybridized carbons (Fsp3) is 0.278. The molecule has 0 unspecified atom stereocenters. The van der Waals surface area contributed by atoms with Gasteiger partial charge < -0.3 is 4.90 Å². The molecule has 0 saturated carbocycles. The zero-order valence-corrected chi connectivity index (χ0v) is 15.3. The molecule has 2 aromatic rings. The van der Waals surface area contributed by atoms with E-state index in [1.54, 1.807) is 45.2 Å². The number of nitrogens with zero attached hydrogens (tertiary/aromatic N) is 2. The molecule has 0 spiro atoms. The van der Waals surface area contributed by atoms with Crippen molar-refractivity contribution in [2.24, 2.45) is 0 Å². The Morgan fingerprint density at radius 3 is 2.20 bits per heavy atom. The van der Waals surface area contributed by atoms with Crippen molar-refractivity contribution in [1.82, 2.24) is 4.31 Å². The Balaban J connectivity index is 2.44. The summed E-state index contributed by atoms with van der Waals surface area (Å²) in [6, 6.07) is 12.3. The minimum atomic E-state index is -3.99. The molecule has 7 heteroatoms. The smallest absolute Gasteiger partial charge is 0.258 e. The quantitative estimate of drug-likeness (QED) is 0.791. The molecule has 0 atom stereocenters. The summed E-state index contributed by atoms with van der Waals surface area (Å²) in [7, 11) is -2.41. The van der Waals surface area contributed by atoms with Crippen LogP contribution in [0.25, 0.3) is 0 Å². The van der Waals surface area contributed by atoms with E-state index in [2.05, 4.69) is 0 Å². The second-order valence-electron chi connectivity index (χ2n) is 5.43. The van der Waals surface area contributed by atoms with Crippen molar-refractivity contribution in [2.45, 2.75) is 18.7 Å². The van der Waals surface area contributed by atoms with Crippen LogP contribution in [-0.4, -0.2) is 38.8 Å². The predicted molar refractivity (Wildman–Crippen MR) is 95.7 cm³/mol. The Morgan fingerprint density at radius 1 is 1.04 bits per heavy atom. The molecular weight excluding hydrogens is 343 g/mol. The first kappa shape index (κ1) is 19.1. The SMILES string of the molecule is CCN(CC)S(=O)(=O)c1cc(C(=O)N(C)c2ccccc2)ccc1F. The van der Waals surface area contributed by atoms with Gasteiger partial charge in [0.15, 0.2) is 0 Å². The molecule has 2 aromatic carbocycles. The standard InChI is InChI=1S/C18H21FN2O3S/c1-4-21(5-2)25(23,24)17-13-14(11-12-16(17)19)18(22)20(3)15-9-7-6-8-10-15/h6-13H,4-5H2,1-3H3. The largest absolute Gasteiger partial charge is 0.311 e. The zero-order valence-electron chi connectivity index (χ0n) is 14.4. The van der Waals surface area contributed by atoms with Gasteiger partial charge in [0, 0.05) is 31.4 Å². The Bertz CT molecular complexity index is 850. The monoisotopic (exact) mass is 364 g/mol. The summed E-state index contributed by atoms with van der Waals surface area (Å²) in [6.45, 7) is 3.80. The van der Waals surface area contributed by atoms with Gasteiger partial charge in [-0.3, -0.25) is 4.79 Å². The lowest BCUT2D eigenvalue weighted by molar-refractivity contribution is 0.0992. The van der Waals surface area contributed by atoms with E-state index >= 15 is 0 Å². The van der Waals surface area contributed by atoms with Crippen LogP contribution in [-0.2, 0) is 10.0 Å². The maximum absolute atomic E-state index is 14.2. The highest BCUT2D eigenvalue weighted by Crippen LogP contribution is 2.22. The van der Waals surface area contributed by atoms with Crippen molar-refractivity contribution in [2.75, 3.05) is 25.0 Å². The van der Waals surface area contributed by atoms with Crippen LogP contribution in [0.4, 0.5) is 10.1 Å². The molecule has 0 N–H and O–H groups in total. The Kier molecular flexibility index (Phi) is 5.92. The average Bonchev–Trinajstić information content (AvgIpc) is 2.62. The lowest BCUT2D eigenvalue weighted by Gasteiger charge is -2.20. The van der Waals surface area contributed by atoms with E-state index in [0.717, 1.165) is 16.4 Å². The summed E-state index contributed by atoms with van der Waals surface area (Å²) in [5.74, 6) is -1.28. The van der Waals surface area contributed by atoms with Gasteiger partial charge in [0.2, 0.25) is 10.0 Å². The topological polar surface area (TPSA) is 57.7 Å². The fourth-order valence-electron chi connectivity index (χ4n) is 2.50. The third-order valence-corrected chi connectivity index (χ3v) is 6.01. The molecule has 0 aromatic heterocycles. The van der Waals surface area contributed by atoms with Gasteiger partial charge in [-0.05, 0) is 30.3 Å². The van der Waals surface area contributed by atoms with Crippen molar-refractivity contribution in [3.8, 4) is 0 Å². The molecule has 5 nitrogen and oxygen atoms in total. The van der Waals surface area contributed by atoms with E-state index < -0.39 is 26.6 Å². The Morgan fingerprint density at radius 2 is 1.64 bits per heavy atom. The number of carbonyl (C=O) groups is 1. The van der Waals surface area contributed by atoms with Crippen molar-refractivity contribution < 1.29 is 17.6 Å². The van der Waals surface area contributed by atoms with Gasteiger partial charge in [-0.1, -0.05) is 32.0 Å². The maximum Gasteiger partial charge on any atom is 0.258 e. The number of hydrogen-bond donors (Lipinski definition) is 0. The second kappa shape index (κ2) is 7.76. The molecule has 0 aliphatic carbocycles. The van der Waals surface area contributed by atoms with Gasteiger partial charge >= 0.3 is 0 Å². The van der Waals surface area contributed by atoms with Crippen molar-refractivity contribution in [3.63, 3.8) is 0 Å². The van der Waals surface area contributed by atoms with Crippen LogP contribution in [0.1, 0.15) is 24.2 Å². The van der Waals surface area contributed by atoms with Gasteiger partial charge in [0.25, 0.3) is 5.91 Å². The molecule has 0 bridgehead atoms. The third-order valence-electron chi connectivity index (χ3n) is 3.95. The van der Waals surface area contributed by atoms with Crippen LogP contribution in [0.2, 0.25) is 0 Å². The van der Waals surface area contributed by atoms with Gasteiger partial charge in [-0.2, -0.15) is 4.31 Å². The summed E-state index contributed by atoms with van der Waals surface area (Å²) >= 11 is 0. The molecule has 0 saturated heterocycles. The number of sulfonamides is 1. The highest BCUT2D eigenvalue weighted by Gasteiger charge is 2.27. The first-order valence-corrected chi connectivity index (χ1v) is 9.39. The summed E-state index contributed by atoms with van der Waals surface area (Å²) in [6.07, 6.45) is 0. The van der Waals surface area contributed by atoms with Crippen LogP contribution in [0.3, 0.4) is 0 Å². The zero-order chi connectivity index (χ0) is 18.6. The first-order valence-electron chi connectivity index (χ1n) is 7.95. The van der Waals surface area contributed by atoms with Gasteiger partial charge in [-0.15, -0.1) is 0 Å². The van der Waals surface area contributed by atoms with E-state index in [9.17, 15) is 17.6 Å². The van der Waals surface area contributed by atoms with Crippen molar-refractivity contribution >= 4 is 21.6 Å². The predicted octanol–water partition coefficient (Wildman–Crippen LogP) is 3.13. The molecule has 134 valence electrons. The molecular formula is C18H21FN2O3S. The molecule has 1 amide bonds. The van der Waals surface area contributed by atoms with Crippen LogP contribution >= 0.6 is 0 Å². The Hall–Kier alpha value is -2.25. The lowest BCUT2D eigenvalue weighted by atomic mass is 10.2. The summed E-state index contributed by atoms with van der Waals surface area (Å²) in [5, 5.41) is 0. The highest BCUT2D eigenvalue weighted by atomic mass is 32.2. The number of rotatable bonds is 6. The van der Waals surface area contributed by atoms with Gasteiger partial charge in [0.1, 0.15) is 10.7 Å². The number of halogens is 1. The Labute approximate surface area is 147 Å². The number of hydrogen-bond acceptors (Lipinski definition) is 3. The highest BCUT2D eigenvalue weighted by molar-refractivity contribution is 7.89. The number of amides is 1. The van der Waals surface area contributed by atoms with E-state index in [1.807, 2.05) is 6.07 Å². The molecule has 0 heterocycles. The maximum atomic E-state index is 14.2. The number of para-hydroxylation sites is 1. The summed E-state index contributed by atoms with van der Waals surface area (Å²) in [4.78, 5) is 13.5. The average molecular weight is 364 g/mol. The summed E-state index contributed by atoms with van der Waals surface area (Å²) < 4.78 is 40.5. The van der Waals surface area contributed by atoms with E-state index in [-0.39, 0.29) is 18.7 Å². The van der Waals surface area contributed by atoms with E-state index in [1.165, 1.54) is 11.0 Å². The van der Waals surface area contributed by atoms with Crippen molar-refractivity contribution in [1.29, 1.82) is 0 Å². The van der Waals surface area contributed by atoms with Crippen LogP contribution < -0.4 is 4.90 Å². The summed E-state index contributed by atoms with van der Waals surface area (Å²) in [5.41, 5.74) is 0.767. The van der Waals surface area contributed by atoms with Crippen LogP contribution in [0.15, 0.2) is 53.4 Å². The number of anilines is 1. The molecule has 2 rings (SSSR count). The minimum Gasteiger partial charge on any atom is -0.311 e. The van der Waals surface area contributed by atoms with Gasteiger partial charge in [0.05, 0.1) is 0 Å². The van der Waals surface area contributed by atoms with Gasteiger partial charge in [-0.25, -0.2) is 12.8 Å².